The zero-order valence-electron chi connectivity index (χ0n) is 11.1. The van der Waals surface area contributed by atoms with Gasteiger partial charge >= 0.3 is 0 Å². The molecule has 0 saturated heterocycles. The average Bonchev–Trinajstić information content (AvgIpc) is 2.67. The molecule has 0 aliphatic heterocycles. The van der Waals surface area contributed by atoms with Crippen molar-refractivity contribution in [3.05, 3.63) is 30.2 Å². The molecule has 0 bridgehead atoms. The van der Waals surface area contributed by atoms with Crippen molar-refractivity contribution in [2.75, 3.05) is 6.61 Å². The summed E-state index contributed by atoms with van der Waals surface area (Å²) in [5.41, 5.74) is 12.5. The predicted molar refractivity (Wildman–Crippen MR) is 71.9 cm³/mol. The second-order valence-electron chi connectivity index (χ2n) is 5.26. The van der Waals surface area contributed by atoms with Crippen LogP contribution in [0.3, 0.4) is 0 Å². The molecule has 6 heteroatoms. The zero-order chi connectivity index (χ0) is 14.0. The van der Waals surface area contributed by atoms with Crippen LogP contribution >= 0.6 is 0 Å². The molecule has 2 aromatic rings. The summed E-state index contributed by atoms with van der Waals surface area (Å²) in [5.74, 6) is 0.0595. The summed E-state index contributed by atoms with van der Waals surface area (Å²) in [4.78, 5) is 15.0. The Kier molecular flexibility index (Phi) is 3.44. The lowest BCUT2D eigenvalue weighted by atomic mass is 10.0. The Bertz CT molecular complexity index is 598. The van der Waals surface area contributed by atoms with Gasteiger partial charge in [-0.2, -0.15) is 0 Å². The lowest BCUT2D eigenvalue weighted by Crippen LogP contribution is -2.34. The highest BCUT2D eigenvalue weighted by atomic mass is 16.5. The molecule has 2 rings (SSSR count). The van der Waals surface area contributed by atoms with Crippen LogP contribution in [0.2, 0.25) is 0 Å². The van der Waals surface area contributed by atoms with Gasteiger partial charge in [-0.15, -0.1) is 0 Å². The number of hydrogen-bond acceptors (Lipinski definition) is 4. The van der Waals surface area contributed by atoms with Gasteiger partial charge in [-0.25, -0.2) is 4.98 Å². The first-order valence-electron chi connectivity index (χ1n) is 6.01. The third-order valence-corrected chi connectivity index (χ3v) is 2.58. The van der Waals surface area contributed by atoms with Gasteiger partial charge in [0.15, 0.2) is 6.61 Å². The van der Waals surface area contributed by atoms with Crippen molar-refractivity contribution in [2.24, 2.45) is 11.5 Å². The number of carbonyl (C=O) groups excluding carboxylic acids is 1. The van der Waals surface area contributed by atoms with Crippen LogP contribution in [0.5, 0.6) is 5.75 Å². The maximum atomic E-state index is 10.7. The normalized spacial score (nSPS) is 11.7. The summed E-state index contributed by atoms with van der Waals surface area (Å²) in [6.45, 7) is 3.80. The fraction of sp³-hybridized carbons (Fsp3) is 0.385. The molecule has 0 spiro atoms. The van der Waals surface area contributed by atoms with E-state index in [9.17, 15) is 4.79 Å². The van der Waals surface area contributed by atoms with Crippen LogP contribution in [-0.4, -0.2) is 27.4 Å². The third kappa shape index (κ3) is 3.45. The van der Waals surface area contributed by atoms with Crippen molar-refractivity contribution in [2.45, 2.75) is 25.8 Å². The second kappa shape index (κ2) is 4.89. The van der Waals surface area contributed by atoms with E-state index >= 15 is 0 Å². The molecule has 0 aromatic carbocycles. The molecule has 4 N–H and O–H groups in total. The van der Waals surface area contributed by atoms with E-state index in [1.165, 1.54) is 0 Å². The quantitative estimate of drug-likeness (QED) is 0.819. The number of fused-ring (bicyclic) bond motifs is 1. The van der Waals surface area contributed by atoms with Crippen molar-refractivity contribution in [3.63, 3.8) is 0 Å². The molecule has 102 valence electrons. The molecule has 0 aliphatic carbocycles. The minimum absolute atomic E-state index is 0.139. The number of rotatable bonds is 5. The molecule has 1 amide bonds. The Morgan fingerprint density at radius 1 is 1.53 bits per heavy atom. The van der Waals surface area contributed by atoms with Gasteiger partial charge in [-0.1, -0.05) is 0 Å². The van der Waals surface area contributed by atoms with Gasteiger partial charge in [-0.3, -0.25) is 4.79 Å². The van der Waals surface area contributed by atoms with Crippen molar-refractivity contribution >= 4 is 11.6 Å². The Morgan fingerprint density at radius 3 is 2.89 bits per heavy atom. The second-order valence-corrected chi connectivity index (χ2v) is 5.26. The number of nitrogens with two attached hydrogens (primary N) is 2. The van der Waals surface area contributed by atoms with Gasteiger partial charge in [0, 0.05) is 36.1 Å². The number of carbonyl (C=O) groups is 1. The van der Waals surface area contributed by atoms with Gasteiger partial charge in [-0.05, 0) is 19.9 Å². The van der Waals surface area contributed by atoms with Crippen LogP contribution in [0.4, 0.5) is 0 Å². The number of nitrogens with zero attached hydrogens (tertiary/aromatic N) is 2. The van der Waals surface area contributed by atoms with Crippen molar-refractivity contribution in [3.8, 4) is 5.75 Å². The molecule has 0 aliphatic rings. The fourth-order valence-electron chi connectivity index (χ4n) is 1.86. The predicted octanol–water partition coefficient (Wildman–Crippen LogP) is 0.478. The SMILES string of the molecule is CC(C)(N)Cc1cnc2cc(OCC(N)=O)ccn12. The van der Waals surface area contributed by atoms with Crippen molar-refractivity contribution in [1.29, 1.82) is 0 Å². The highest BCUT2D eigenvalue weighted by Crippen LogP contribution is 2.17. The van der Waals surface area contributed by atoms with Gasteiger partial charge < -0.3 is 20.6 Å². The van der Waals surface area contributed by atoms with E-state index in [0.29, 0.717) is 5.75 Å². The smallest absolute Gasteiger partial charge is 0.255 e. The van der Waals surface area contributed by atoms with Gasteiger partial charge in [0.25, 0.3) is 5.91 Å². The maximum Gasteiger partial charge on any atom is 0.255 e. The van der Waals surface area contributed by atoms with Crippen LogP contribution in [0.1, 0.15) is 19.5 Å². The van der Waals surface area contributed by atoms with E-state index < -0.39 is 5.91 Å². The molecule has 2 heterocycles. The topological polar surface area (TPSA) is 95.6 Å². The number of ether oxygens (including phenoxy) is 1. The summed E-state index contributed by atoms with van der Waals surface area (Å²) < 4.78 is 7.18. The summed E-state index contributed by atoms with van der Waals surface area (Å²) in [6, 6.07) is 3.53. The fourth-order valence-corrected chi connectivity index (χ4v) is 1.86. The first kappa shape index (κ1) is 13.4. The average molecular weight is 262 g/mol. The van der Waals surface area contributed by atoms with E-state index in [4.69, 9.17) is 16.2 Å². The zero-order valence-corrected chi connectivity index (χ0v) is 11.1. The number of amides is 1. The summed E-state index contributed by atoms with van der Waals surface area (Å²) in [6.07, 6.45) is 4.36. The van der Waals surface area contributed by atoms with Crippen LogP contribution in [0, 0.1) is 0 Å². The first-order valence-corrected chi connectivity index (χ1v) is 6.01. The van der Waals surface area contributed by atoms with Crippen LogP contribution in [-0.2, 0) is 11.2 Å². The van der Waals surface area contributed by atoms with Gasteiger partial charge in [0.05, 0.1) is 0 Å². The Labute approximate surface area is 111 Å². The molecule has 0 radical (unpaired) electrons. The molecular weight excluding hydrogens is 244 g/mol. The van der Waals surface area contributed by atoms with E-state index in [1.54, 1.807) is 18.3 Å². The monoisotopic (exact) mass is 262 g/mol. The van der Waals surface area contributed by atoms with Crippen LogP contribution in [0.25, 0.3) is 5.65 Å². The maximum absolute atomic E-state index is 10.7. The summed E-state index contributed by atoms with van der Waals surface area (Å²) >= 11 is 0. The van der Waals surface area contributed by atoms with Gasteiger partial charge in [0.2, 0.25) is 0 Å². The van der Waals surface area contributed by atoms with E-state index in [-0.39, 0.29) is 12.1 Å². The number of aromatic nitrogens is 2. The van der Waals surface area contributed by atoms with E-state index in [2.05, 4.69) is 4.98 Å². The van der Waals surface area contributed by atoms with E-state index in [0.717, 1.165) is 17.8 Å². The van der Waals surface area contributed by atoms with Gasteiger partial charge in [0.1, 0.15) is 11.4 Å². The number of pyridine rings is 1. The summed E-state index contributed by atoms with van der Waals surface area (Å²) in [7, 11) is 0. The van der Waals surface area contributed by atoms with Crippen molar-refractivity contribution in [1.82, 2.24) is 9.38 Å². The molecular formula is C13H18N4O2. The first-order chi connectivity index (χ1) is 8.85. The molecule has 0 unspecified atom stereocenters. The molecule has 2 aromatic heterocycles. The molecule has 0 saturated carbocycles. The van der Waals surface area contributed by atoms with Crippen molar-refractivity contribution < 1.29 is 9.53 Å². The lowest BCUT2D eigenvalue weighted by Gasteiger charge is -2.17. The van der Waals surface area contributed by atoms with E-state index in [1.807, 2.05) is 24.4 Å². The Balaban J connectivity index is 2.24. The molecule has 6 nitrogen and oxygen atoms in total. The highest BCUT2D eigenvalue weighted by Gasteiger charge is 2.15. The summed E-state index contributed by atoms with van der Waals surface area (Å²) in [5, 5.41) is 0. The highest BCUT2D eigenvalue weighted by molar-refractivity contribution is 5.75. The Hall–Kier alpha value is -2.08. The minimum atomic E-state index is -0.506. The number of primary amides is 1. The molecule has 0 atom stereocenters. The van der Waals surface area contributed by atoms with Crippen LogP contribution < -0.4 is 16.2 Å². The third-order valence-electron chi connectivity index (χ3n) is 2.58. The number of imidazole rings is 1. The Morgan fingerprint density at radius 2 is 2.26 bits per heavy atom. The molecule has 19 heavy (non-hydrogen) atoms. The molecule has 0 fully saturated rings. The largest absolute Gasteiger partial charge is 0.484 e. The standard InChI is InChI=1S/C13H18N4O2/c1-13(2,15)6-9-7-16-12-5-10(3-4-17(9)12)19-8-11(14)18/h3-5,7H,6,8,15H2,1-2H3,(H2,14,18). The van der Waals surface area contributed by atoms with Crippen LogP contribution in [0.15, 0.2) is 24.5 Å². The number of hydrogen-bond donors (Lipinski definition) is 2. The minimum Gasteiger partial charge on any atom is -0.484 e. The lowest BCUT2D eigenvalue weighted by molar-refractivity contribution is -0.119.